The number of amides is 1. The average Bonchev–Trinajstić information content (AvgIpc) is 2.74. The number of ether oxygens (including phenoxy) is 1. The predicted octanol–water partition coefficient (Wildman–Crippen LogP) is 3.66. The van der Waals surface area contributed by atoms with E-state index in [-0.39, 0.29) is 11.6 Å². The summed E-state index contributed by atoms with van der Waals surface area (Å²) in [5.41, 5.74) is 2.27. The largest absolute Gasteiger partial charge is 0.464 e. The number of anilines is 1. The van der Waals surface area contributed by atoms with Gasteiger partial charge in [-0.15, -0.1) is 0 Å². The van der Waals surface area contributed by atoms with Gasteiger partial charge in [-0.25, -0.2) is 9.78 Å². The number of likely N-dealkylation sites (N-methyl/N-ethyl adjacent to an activating group) is 1. The molecule has 0 bridgehead atoms. The molecule has 27 heavy (non-hydrogen) atoms. The van der Waals surface area contributed by atoms with E-state index in [0.717, 1.165) is 11.1 Å². The van der Waals surface area contributed by atoms with E-state index in [9.17, 15) is 9.59 Å². The van der Waals surface area contributed by atoms with Crippen LogP contribution in [0.5, 0.6) is 0 Å². The lowest BCUT2D eigenvalue weighted by molar-refractivity contribution is -0.118. The SMILES string of the molecule is COC(=O)c1ncccc1N(C)C(=O)C(c1ccccc1)c1ccccc1. The van der Waals surface area contributed by atoms with Crippen LogP contribution in [0, 0.1) is 0 Å². The summed E-state index contributed by atoms with van der Waals surface area (Å²) in [7, 11) is 2.93. The van der Waals surface area contributed by atoms with Crippen molar-refractivity contribution in [3.05, 3.63) is 95.8 Å². The molecule has 0 aliphatic heterocycles. The normalized spacial score (nSPS) is 10.5. The highest BCUT2D eigenvalue weighted by atomic mass is 16.5. The van der Waals surface area contributed by atoms with E-state index in [2.05, 4.69) is 4.98 Å². The van der Waals surface area contributed by atoms with Crippen molar-refractivity contribution in [1.82, 2.24) is 4.98 Å². The Bertz CT molecular complexity index is 887. The summed E-state index contributed by atoms with van der Waals surface area (Å²) in [4.78, 5) is 31.1. The second-order valence-corrected chi connectivity index (χ2v) is 6.01. The number of hydrogen-bond acceptors (Lipinski definition) is 4. The van der Waals surface area contributed by atoms with E-state index in [1.807, 2.05) is 60.7 Å². The Morgan fingerprint density at radius 1 is 0.889 bits per heavy atom. The van der Waals surface area contributed by atoms with Gasteiger partial charge < -0.3 is 9.64 Å². The van der Waals surface area contributed by atoms with Gasteiger partial charge in [0.15, 0.2) is 5.69 Å². The molecule has 0 saturated carbocycles. The Morgan fingerprint density at radius 3 is 1.96 bits per heavy atom. The molecule has 0 atom stereocenters. The number of pyridine rings is 1. The Morgan fingerprint density at radius 2 is 1.44 bits per heavy atom. The van der Waals surface area contributed by atoms with Crippen LogP contribution in [-0.2, 0) is 9.53 Å². The highest BCUT2D eigenvalue weighted by Gasteiger charge is 2.28. The van der Waals surface area contributed by atoms with E-state index < -0.39 is 11.9 Å². The molecule has 2 aromatic carbocycles. The number of esters is 1. The maximum atomic E-state index is 13.5. The first-order valence-electron chi connectivity index (χ1n) is 8.54. The molecular weight excluding hydrogens is 340 g/mol. The summed E-state index contributed by atoms with van der Waals surface area (Å²) < 4.78 is 4.80. The summed E-state index contributed by atoms with van der Waals surface area (Å²) in [5, 5.41) is 0. The predicted molar refractivity (Wildman–Crippen MR) is 104 cm³/mol. The molecule has 5 heteroatoms. The van der Waals surface area contributed by atoms with Gasteiger partial charge >= 0.3 is 5.97 Å². The topological polar surface area (TPSA) is 59.5 Å². The third kappa shape index (κ3) is 3.87. The van der Waals surface area contributed by atoms with Crippen molar-refractivity contribution < 1.29 is 14.3 Å². The molecular formula is C22H20N2O3. The van der Waals surface area contributed by atoms with Crippen molar-refractivity contribution in [1.29, 1.82) is 0 Å². The molecule has 0 radical (unpaired) electrons. The Kier molecular flexibility index (Phi) is 5.61. The monoisotopic (exact) mass is 360 g/mol. The zero-order valence-electron chi connectivity index (χ0n) is 15.2. The molecule has 0 fully saturated rings. The molecule has 0 aliphatic rings. The number of benzene rings is 2. The van der Waals surface area contributed by atoms with E-state index >= 15 is 0 Å². The second kappa shape index (κ2) is 8.27. The highest BCUT2D eigenvalue weighted by molar-refractivity contribution is 6.04. The van der Waals surface area contributed by atoms with Crippen LogP contribution in [0.1, 0.15) is 27.5 Å². The molecule has 1 aromatic heterocycles. The van der Waals surface area contributed by atoms with Gasteiger partial charge in [0.05, 0.1) is 18.7 Å². The first-order valence-corrected chi connectivity index (χ1v) is 8.54. The first-order chi connectivity index (χ1) is 13.1. The lowest BCUT2D eigenvalue weighted by atomic mass is 9.90. The average molecular weight is 360 g/mol. The van der Waals surface area contributed by atoms with Gasteiger partial charge in [0, 0.05) is 13.2 Å². The van der Waals surface area contributed by atoms with Crippen LogP contribution in [-0.4, -0.2) is 31.0 Å². The molecule has 136 valence electrons. The van der Waals surface area contributed by atoms with Crippen LogP contribution < -0.4 is 4.90 Å². The molecule has 0 N–H and O–H groups in total. The zero-order valence-corrected chi connectivity index (χ0v) is 15.2. The number of aromatic nitrogens is 1. The molecule has 0 unspecified atom stereocenters. The Hall–Kier alpha value is -3.47. The van der Waals surface area contributed by atoms with Crippen LogP contribution >= 0.6 is 0 Å². The van der Waals surface area contributed by atoms with Crippen molar-refractivity contribution in [3.8, 4) is 0 Å². The molecule has 3 rings (SSSR count). The van der Waals surface area contributed by atoms with Crippen molar-refractivity contribution in [2.24, 2.45) is 0 Å². The number of hydrogen-bond donors (Lipinski definition) is 0. The summed E-state index contributed by atoms with van der Waals surface area (Å²) in [6, 6.07) is 22.5. The fourth-order valence-corrected chi connectivity index (χ4v) is 3.00. The molecule has 5 nitrogen and oxygen atoms in total. The third-order valence-corrected chi connectivity index (χ3v) is 4.37. The zero-order chi connectivity index (χ0) is 19.2. The maximum absolute atomic E-state index is 13.5. The molecule has 0 aliphatic carbocycles. The molecule has 0 saturated heterocycles. The first kappa shape index (κ1) is 18.3. The lowest BCUT2D eigenvalue weighted by Gasteiger charge is -2.25. The van der Waals surface area contributed by atoms with Crippen LogP contribution in [0.15, 0.2) is 79.0 Å². The number of methoxy groups -OCH3 is 1. The van der Waals surface area contributed by atoms with Gasteiger partial charge in [0.1, 0.15) is 0 Å². The van der Waals surface area contributed by atoms with E-state index in [1.54, 1.807) is 19.2 Å². The van der Waals surface area contributed by atoms with E-state index in [0.29, 0.717) is 5.69 Å². The summed E-state index contributed by atoms with van der Waals surface area (Å²) in [5.74, 6) is -1.24. The minimum atomic E-state index is -0.582. The summed E-state index contributed by atoms with van der Waals surface area (Å²) in [6.07, 6.45) is 1.50. The van der Waals surface area contributed by atoms with E-state index in [1.165, 1.54) is 18.2 Å². The Balaban J connectivity index is 2.04. The van der Waals surface area contributed by atoms with Crippen LogP contribution in [0.3, 0.4) is 0 Å². The van der Waals surface area contributed by atoms with Gasteiger partial charge in [0.25, 0.3) is 0 Å². The summed E-state index contributed by atoms with van der Waals surface area (Å²) >= 11 is 0. The fraction of sp³-hybridized carbons (Fsp3) is 0.136. The van der Waals surface area contributed by atoms with Crippen LogP contribution in [0.2, 0.25) is 0 Å². The van der Waals surface area contributed by atoms with Gasteiger partial charge in [-0.05, 0) is 23.3 Å². The number of nitrogens with zero attached hydrogens (tertiary/aromatic N) is 2. The summed E-state index contributed by atoms with van der Waals surface area (Å²) in [6.45, 7) is 0. The minimum absolute atomic E-state index is 0.107. The van der Waals surface area contributed by atoms with Gasteiger partial charge in [-0.3, -0.25) is 4.79 Å². The fourth-order valence-electron chi connectivity index (χ4n) is 3.00. The van der Waals surface area contributed by atoms with Crippen molar-refractivity contribution in [3.63, 3.8) is 0 Å². The van der Waals surface area contributed by atoms with Crippen molar-refractivity contribution in [2.75, 3.05) is 19.1 Å². The minimum Gasteiger partial charge on any atom is -0.464 e. The lowest BCUT2D eigenvalue weighted by Crippen LogP contribution is -2.33. The van der Waals surface area contributed by atoms with E-state index in [4.69, 9.17) is 4.74 Å². The maximum Gasteiger partial charge on any atom is 0.358 e. The van der Waals surface area contributed by atoms with Crippen LogP contribution in [0.25, 0.3) is 0 Å². The van der Waals surface area contributed by atoms with Gasteiger partial charge in [-0.2, -0.15) is 0 Å². The quantitative estimate of drug-likeness (QED) is 0.652. The number of carbonyl (C=O) groups is 2. The van der Waals surface area contributed by atoms with Crippen molar-refractivity contribution in [2.45, 2.75) is 5.92 Å². The van der Waals surface area contributed by atoms with Crippen LogP contribution in [0.4, 0.5) is 5.69 Å². The highest BCUT2D eigenvalue weighted by Crippen LogP contribution is 2.29. The molecule has 0 spiro atoms. The number of rotatable bonds is 5. The van der Waals surface area contributed by atoms with Gasteiger partial charge in [0.2, 0.25) is 5.91 Å². The number of carbonyl (C=O) groups excluding carboxylic acids is 2. The van der Waals surface area contributed by atoms with Crippen molar-refractivity contribution >= 4 is 17.6 Å². The Labute approximate surface area is 158 Å². The van der Waals surface area contributed by atoms with Gasteiger partial charge in [-0.1, -0.05) is 60.7 Å². The smallest absolute Gasteiger partial charge is 0.358 e. The standard InChI is InChI=1S/C22H20N2O3/c1-24(18-14-9-15-23-20(18)22(26)27-2)21(25)19(16-10-5-3-6-11-16)17-12-7-4-8-13-17/h3-15,19H,1-2H3. The molecule has 3 aromatic rings. The third-order valence-electron chi connectivity index (χ3n) is 4.37. The molecule has 1 heterocycles. The second-order valence-electron chi connectivity index (χ2n) is 6.01. The molecule has 1 amide bonds.